The summed E-state index contributed by atoms with van der Waals surface area (Å²) in [6.45, 7) is -0.320. The number of fused-ring (bicyclic) bond motifs is 2. The number of Topliss-reactive ketones (excluding diaryl/α,β-unsaturated/α-hetero) is 1. The minimum absolute atomic E-state index is 0.276. The number of furan rings is 1. The largest absolute Gasteiger partial charge is 0.465 e. The number of rotatable bonds is 5. The number of ketones is 1. The molecular weight excluding hydrogens is 380 g/mol. The summed E-state index contributed by atoms with van der Waals surface area (Å²) in [6, 6.07) is 14.6. The Hall–Kier alpha value is -3.93. The summed E-state index contributed by atoms with van der Waals surface area (Å²) >= 11 is 0. The molecule has 4 aromatic rings. The summed E-state index contributed by atoms with van der Waals surface area (Å²) in [4.78, 5) is 32.9. The second-order valence-electron chi connectivity index (χ2n) is 7.10. The Morgan fingerprint density at radius 2 is 2.00 bits per heavy atom. The fourth-order valence-electron chi connectivity index (χ4n) is 3.84. The number of hydrogen-bond acceptors (Lipinski definition) is 5. The van der Waals surface area contributed by atoms with Gasteiger partial charge in [0.05, 0.1) is 28.7 Å². The summed E-state index contributed by atoms with van der Waals surface area (Å²) < 4.78 is 10.9. The molecule has 1 aliphatic rings. The van der Waals surface area contributed by atoms with Gasteiger partial charge in [-0.3, -0.25) is 4.79 Å². The van der Waals surface area contributed by atoms with E-state index in [1.54, 1.807) is 24.6 Å². The number of allylic oxidation sites excluding steroid dienone is 1. The Morgan fingerprint density at radius 3 is 2.80 bits per heavy atom. The van der Waals surface area contributed by atoms with Gasteiger partial charge in [-0.1, -0.05) is 18.2 Å². The number of ether oxygens (including phenoxy) is 1. The zero-order chi connectivity index (χ0) is 20.5. The van der Waals surface area contributed by atoms with Crippen LogP contribution in [0.5, 0.6) is 0 Å². The van der Waals surface area contributed by atoms with Crippen molar-refractivity contribution in [3.8, 4) is 0 Å². The minimum Gasteiger partial charge on any atom is -0.465 e. The molecular formula is C24H18N2O4. The number of carbonyl (C=O) groups is 2. The summed E-state index contributed by atoms with van der Waals surface area (Å²) in [5.41, 5.74) is 4.26. The highest BCUT2D eigenvalue weighted by molar-refractivity contribution is 6.08. The second kappa shape index (κ2) is 7.48. The van der Waals surface area contributed by atoms with Crippen molar-refractivity contribution in [3.05, 3.63) is 89.3 Å². The van der Waals surface area contributed by atoms with E-state index in [0.29, 0.717) is 23.2 Å². The molecule has 0 amide bonds. The van der Waals surface area contributed by atoms with Crippen LogP contribution < -0.4 is 0 Å². The number of hydrogen-bond donors (Lipinski definition) is 1. The normalized spacial score (nSPS) is 14.2. The number of aromatic amines is 1. The number of nitrogens with one attached hydrogen (secondary N) is 1. The van der Waals surface area contributed by atoms with E-state index >= 15 is 0 Å². The van der Waals surface area contributed by atoms with Gasteiger partial charge in [0.25, 0.3) is 0 Å². The van der Waals surface area contributed by atoms with Crippen molar-refractivity contribution in [1.82, 2.24) is 9.97 Å². The fourth-order valence-corrected chi connectivity index (χ4v) is 3.84. The molecule has 30 heavy (non-hydrogen) atoms. The number of para-hydroxylation sites is 1. The van der Waals surface area contributed by atoms with Crippen molar-refractivity contribution >= 4 is 34.3 Å². The first-order valence-electron chi connectivity index (χ1n) is 9.70. The lowest BCUT2D eigenvalue weighted by Gasteiger charge is -2.12. The average Bonchev–Trinajstić information content (AvgIpc) is 3.53. The van der Waals surface area contributed by atoms with Crippen molar-refractivity contribution in [1.29, 1.82) is 0 Å². The summed E-state index contributed by atoms with van der Waals surface area (Å²) in [5, 5.41) is 0.729. The quantitative estimate of drug-likeness (QED) is 0.390. The average molecular weight is 398 g/mol. The highest BCUT2D eigenvalue weighted by Gasteiger charge is 2.28. The Balaban J connectivity index is 1.53. The zero-order valence-electron chi connectivity index (χ0n) is 16.1. The van der Waals surface area contributed by atoms with E-state index < -0.39 is 5.97 Å². The van der Waals surface area contributed by atoms with Crippen LogP contribution in [0.1, 0.15) is 44.3 Å². The first-order chi connectivity index (χ1) is 14.7. The predicted octanol–water partition coefficient (Wildman–Crippen LogP) is 4.68. The van der Waals surface area contributed by atoms with E-state index in [9.17, 15) is 9.59 Å². The van der Waals surface area contributed by atoms with Gasteiger partial charge in [0.2, 0.25) is 5.78 Å². The van der Waals surface area contributed by atoms with Gasteiger partial charge in [-0.15, -0.1) is 0 Å². The maximum Gasteiger partial charge on any atom is 0.339 e. The Kier molecular flexibility index (Phi) is 4.52. The number of nitrogens with zero attached hydrogens (tertiary/aromatic N) is 1. The van der Waals surface area contributed by atoms with E-state index in [4.69, 9.17) is 14.1 Å². The molecule has 0 saturated carbocycles. The van der Waals surface area contributed by atoms with Crippen LogP contribution in [0, 0.1) is 0 Å². The van der Waals surface area contributed by atoms with Crippen molar-refractivity contribution in [2.45, 2.75) is 12.8 Å². The number of benzene rings is 1. The molecule has 1 aliphatic carbocycles. The third kappa shape index (κ3) is 3.22. The van der Waals surface area contributed by atoms with Gasteiger partial charge in [0, 0.05) is 11.6 Å². The molecule has 0 radical (unpaired) electrons. The van der Waals surface area contributed by atoms with E-state index in [1.165, 1.54) is 0 Å². The highest BCUT2D eigenvalue weighted by atomic mass is 16.5. The standard InChI is InChI=1S/C24H18N2O4/c27-21(20-8-3-11-25-20)14-30-24(28)22-17-6-1-2-7-19(17)26-23-15(9-10-18(22)23)13-16-5-4-12-29-16/h1-8,11-13,25H,9-10,14H2. The Bertz CT molecular complexity index is 1270. The van der Waals surface area contributed by atoms with Crippen LogP contribution in [-0.2, 0) is 11.2 Å². The van der Waals surface area contributed by atoms with Crippen molar-refractivity contribution in [2.24, 2.45) is 0 Å². The van der Waals surface area contributed by atoms with Gasteiger partial charge in [-0.05, 0) is 60.4 Å². The molecule has 1 aromatic carbocycles. The first kappa shape index (κ1) is 18.1. The molecule has 148 valence electrons. The van der Waals surface area contributed by atoms with Gasteiger partial charge < -0.3 is 14.1 Å². The van der Waals surface area contributed by atoms with Gasteiger partial charge in [0.1, 0.15) is 5.76 Å². The number of aromatic nitrogens is 2. The molecule has 0 atom stereocenters. The molecule has 0 fully saturated rings. The lowest BCUT2D eigenvalue weighted by atomic mass is 10.0. The van der Waals surface area contributed by atoms with Gasteiger partial charge in [-0.2, -0.15) is 0 Å². The SMILES string of the molecule is O=C(COC(=O)c1c2c(nc3ccccc13)C(=Cc1ccco1)CC2)c1ccc[nH]1. The number of pyridine rings is 1. The van der Waals surface area contributed by atoms with Crippen molar-refractivity contribution in [3.63, 3.8) is 0 Å². The maximum absolute atomic E-state index is 13.1. The molecule has 6 nitrogen and oxygen atoms in total. The molecule has 0 unspecified atom stereocenters. The van der Waals surface area contributed by atoms with Crippen LogP contribution in [0.4, 0.5) is 0 Å². The monoisotopic (exact) mass is 398 g/mol. The fraction of sp³-hybridized carbons (Fsp3) is 0.125. The van der Waals surface area contributed by atoms with Crippen LogP contribution >= 0.6 is 0 Å². The lowest BCUT2D eigenvalue weighted by molar-refractivity contribution is 0.0474. The minimum atomic E-state index is -0.510. The maximum atomic E-state index is 13.1. The molecule has 5 rings (SSSR count). The second-order valence-corrected chi connectivity index (χ2v) is 7.10. The molecule has 1 N–H and O–H groups in total. The molecule has 6 heteroatoms. The molecule has 3 heterocycles. The van der Waals surface area contributed by atoms with Crippen molar-refractivity contribution in [2.75, 3.05) is 6.61 Å². The molecule has 3 aromatic heterocycles. The number of carbonyl (C=O) groups excluding carboxylic acids is 2. The number of esters is 1. The zero-order valence-corrected chi connectivity index (χ0v) is 16.1. The van der Waals surface area contributed by atoms with Crippen LogP contribution in [-0.4, -0.2) is 28.3 Å². The van der Waals surface area contributed by atoms with Crippen LogP contribution in [0.15, 0.2) is 65.4 Å². The first-order valence-corrected chi connectivity index (χ1v) is 9.70. The van der Waals surface area contributed by atoms with Gasteiger partial charge in [0.15, 0.2) is 6.61 Å². The summed E-state index contributed by atoms with van der Waals surface area (Å²) in [6.07, 6.45) is 6.67. The third-order valence-corrected chi connectivity index (χ3v) is 5.24. The van der Waals surface area contributed by atoms with Gasteiger partial charge in [-0.25, -0.2) is 9.78 Å². The van der Waals surface area contributed by atoms with Crippen molar-refractivity contribution < 1.29 is 18.7 Å². The summed E-state index contributed by atoms with van der Waals surface area (Å²) in [5.74, 6) is -0.0424. The lowest BCUT2D eigenvalue weighted by Crippen LogP contribution is -2.16. The predicted molar refractivity (Wildman–Crippen MR) is 112 cm³/mol. The topological polar surface area (TPSA) is 85.2 Å². The Morgan fingerprint density at radius 1 is 1.10 bits per heavy atom. The smallest absolute Gasteiger partial charge is 0.339 e. The highest BCUT2D eigenvalue weighted by Crippen LogP contribution is 2.37. The Labute approximate surface area is 172 Å². The molecule has 0 spiro atoms. The van der Waals surface area contributed by atoms with E-state index in [0.717, 1.165) is 34.4 Å². The van der Waals surface area contributed by atoms with Crippen LogP contribution in [0.25, 0.3) is 22.6 Å². The van der Waals surface area contributed by atoms with Crippen LogP contribution in [0.3, 0.4) is 0 Å². The molecule has 0 bridgehead atoms. The number of H-pyrrole nitrogens is 1. The molecule has 0 saturated heterocycles. The third-order valence-electron chi connectivity index (χ3n) is 5.24. The van der Waals surface area contributed by atoms with Gasteiger partial charge >= 0.3 is 5.97 Å². The molecule has 0 aliphatic heterocycles. The van der Waals surface area contributed by atoms with E-state index in [2.05, 4.69) is 4.98 Å². The summed E-state index contributed by atoms with van der Waals surface area (Å²) in [7, 11) is 0. The van der Waals surface area contributed by atoms with E-state index in [1.807, 2.05) is 42.5 Å². The van der Waals surface area contributed by atoms with E-state index in [-0.39, 0.29) is 12.4 Å². The van der Waals surface area contributed by atoms with Crippen LogP contribution in [0.2, 0.25) is 0 Å².